The number of piperidine rings is 2. The maximum Gasteiger partial charge on any atom is 0.410 e. The van der Waals surface area contributed by atoms with Crippen LogP contribution in [0.2, 0.25) is 0 Å². The van der Waals surface area contributed by atoms with Crippen molar-refractivity contribution in [2.45, 2.75) is 58.2 Å². The van der Waals surface area contributed by atoms with Crippen LogP contribution in [0.25, 0.3) is 0 Å². The van der Waals surface area contributed by atoms with E-state index in [1.54, 1.807) is 16.9 Å². The van der Waals surface area contributed by atoms with Crippen molar-refractivity contribution in [2.24, 2.45) is 11.8 Å². The third-order valence-corrected chi connectivity index (χ3v) is 6.67. The van der Waals surface area contributed by atoms with Crippen LogP contribution in [-0.4, -0.2) is 77.5 Å². The van der Waals surface area contributed by atoms with Gasteiger partial charge in [-0.3, -0.25) is 9.59 Å². The van der Waals surface area contributed by atoms with Crippen molar-refractivity contribution in [2.75, 3.05) is 33.3 Å². The molecule has 1 aromatic carbocycles. The molecule has 33 heavy (non-hydrogen) atoms. The van der Waals surface area contributed by atoms with Crippen molar-refractivity contribution in [1.29, 1.82) is 0 Å². The predicted octanol–water partition coefficient (Wildman–Crippen LogP) is 2.90. The molecule has 0 saturated carbocycles. The van der Waals surface area contributed by atoms with E-state index in [-0.39, 0.29) is 29.7 Å². The van der Waals surface area contributed by atoms with Crippen molar-refractivity contribution in [3.05, 3.63) is 29.8 Å². The van der Waals surface area contributed by atoms with Gasteiger partial charge < -0.3 is 24.2 Å². The maximum absolute atomic E-state index is 13.5. The smallest absolute Gasteiger partial charge is 0.410 e. The van der Waals surface area contributed by atoms with Crippen LogP contribution in [0, 0.1) is 11.8 Å². The fourth-order valence-corrected chi connectivity index (χ4v) is 5.26. The summed E-state index contributed by atoms with van der Waals surface area (Å²) in [6.07, 6.45) is 1.70. The van der Waals surface area contributed by atoms with Crippen LogP contribution in [0.1, 0.15) is 45.6 Å². The van der Waals surface area contributed by atoms with E-state index in [1.165, 1.54) is 0 Å². The zero-order valence-electron chi connectivity index (χ0n) is 20.1. The third kappa shape index (κ3) is 5.42. The highest BCUT2D eigenvalue weighted by atomic mass is 16.6. The van der Waals surface area contributed by atoms with Gasteiger partial charge in [-0.1, -0.05) is 12.1 Å². The fraction of sp³-hybridized carbons (Fsp3) is 0.640. The molecule has 8 nitrogen and oxygen atoms in total. The molecule has 3 fully saturated rings. The normalized spacial score (nSPS) is 25.3. The summed E-state index contributed by atoms with van der Waals surface area (Å²) in [5, 5.41) is 0. The number of amides is 3. The first-order valence-electron chi connectivity index (χ1n) is 11.8. The number of nitrogens with zero attached hydrogens (tertiary/aromatic N) is 3. The average Bonchev–Trinajstić information content (AvgIpc) is 3.12. The molecule has 3 atom stereocenters. The number of rotatable bonds is 4. The molecular weight excluding hydrogens is 422 g/mol. The number of carbonyl (C=O) groups excluding carboxylic acids is 3. The Bertz CT molecular complexity index is 880. The van der Waals surface area contributed by atoms with Crippen LogP contribution < -0.4 is 4.74 Å². The number of hydrogen-bond acceptors (Lipinski definition) is 5. The SMILES string of the molecule is COc1ccc(CN2C(=O)CCC2C(=O)N2CC3CC(CN(C(=O)OC(C)(C)C)C3)C2)cc1. The number of methoxy groups -OCH3 is 1. The molecule has 3 aliphatic rings. The quantitative estimate of drug-likeness (QED) is 0.695. The molecule has 0 N–H and O–H groups in total. The van der Waals surface area contributed by atoms with Crippen molar-refractivity contribution >= 4 is 17.9 Å². The minimum atomic E-state index is -0.520. The average molecular weight is 458 g/mol. The van der Waals surface area contributed by atoms with Crippen LogP contribution in [0.4, 0.5) is 4.79 Å². The zero-order valence-corrected chi connectivity index (χ0v) is 20.1. The molecule has 180 valence electrons. The largest absolute Gasteiger partial charge is 0.497 e. The first kappa shape index (κ1) is 23.4. The molecule has 0 aliphatic carbocycles. The molecule has 0 radical (unpaired) electrons. The summed E-state index contributed by atoms with van der Waals surface area (Å²) in [6.45, 7) is 8.49. The zero-order chi connectivity index (χ0) is 23.8. The summed E-state index contributed by atoms with van der Waals surface area (Å²) in [5.41, 5.74) is 0.459. The number of ether oxygens (including phenoxy) is 2. The third-order valence-electron chi connectivity index (χ3n) is 6.67. The second-order valence-corrected chi connectivity index (χ2v) is 10.5. The standard InChI is InChI=1S/C25H35N3O5/c1-25(2,3)33-24(31)27-14-18-11-19(15-27)13-26(12-18)23(30)21-9-10-22(29)28(21)16-17-5-7-20(32-4)8-6-17/h5-8,18-19,21H,9-16H2,1-4H3. The van der Waals surface area contributed by atoms with Gasteiger partial charge >= 0.3 is 6.09 Å². The van der Waals surface area contributed by atoms with E-state index in [0.717, 1.165) is 17.7 Å². The van der Waals surface area contributed by atoms with Gasteiger partial charge in [0, 0.05) is 39.1 Å². The summed E-state index contributed by atoms with van der Waals surface area (Å²) in [4.78, 5) is 44.1. The van der Waals surface area contributed by atoms with Crippen LogP contribution in [0.3, 0.4) is 0 Å². The first-order valence-corrected chi connectivity index (χ1v) is 11.8. The lowest BCUT2D eigenvalue weighted by molar-refractivity contribution is -0.145. The summed E-state index contributed by atoms with van der Waals surface area (Å²) in [5.74, 6) is 1.30. The Morgan fingerprint density at radius 1 is 1.00 bits per heavy atom. The number of hydrogen-bond donors (Lipinski definition) is 0. The monoisotopic (exact) mass is 457 g/mol. The minimum Gasteiger partial charge on any atom is -0.497 e. The second-order valence-electron chi connectivity index (χ2n) is 10.5. The number of benzene rings is 1. The number of fused-ring (bicyclic) bond motifs is 2. The Morgan fingerprint density at radius 2 is 1.61 bits per heavy atom. The molecule has 3 aliphatic heterocycles. The van der Waals surface area contributed by atoms with Gasteiger partial charge in [0.2, 0.25) is 11.8 Å². The fourth-order valence-electron chi connectivity index (χ4n) is 5.26. The van der Waals surface area contributed by atoms with Gasteiger partial charge in [-0.15, -0.1) is 0 Å². The highest BCUT2D eigenvalue weighted by Gasteiger charge is 2.43. The molecular formula is C25H35N3O5. The van der Waals surface area contributed by atoms with E-state index in [0.29, 0.717) is 45.6 Å². The molecule has 3 heterocycles. The van der Waals surface area contributed by atoms with E-state index >= 15 is 0 Å². The Kier molecular flexibility index (Phi) is 6.54. The maximum atomic E-state index is 13.5. The van der Waals surface area contributed by atoms with E-state index in [9.17, 15) is 14.4 Å². The van der Waals surface area contributed by atoms with Gasteiger partial charge in [-0.05, 0) is 63.1 Å². The molecule has 0 aromatic heterocycles. The van der Waals surface area contributed by atoms with Crippen molar-refractivity contribution in [3.63, 3.8) is 0 Å². The lowest BCUT2D eigenvalue weighted by Crippen LogP contribution is -2.58. The lowest BCUT2D eigenvalue weighted by Gasteiger charge is -2.46. The molecule has 1 aromatic rings. The molecule has 3 saturated heterocycles. The van der Waals surface area contributed by atoms with Gasteiger partial charge in [-0.25, -0.2) is 4.79 Å². The van der Waals surface area contributed by atoms with Crippen LogP contribution in [0.5, 0.6) is 5.75 Å². The van der Waals surface area contributed by atoms with Crippen molar-refractivity contribution in [1.82, 2.24) is 14.7 Å². The summed E-state index contributed by atoms with van der Waals surface area (Å²) >= 11 is 0. The molecule has 2 bridgehead atoms. The molecule has 0 spiro atoms. The topological polar surface area (TPSA) is 79.4 Å². The van der Waals surface area contributed by atoms with Crippen molar-refractivity contribution < 1.29 is 23.9 Å². The summed E-state index contributed by atoms with van der Waals surface area (Å²) in [6, 6.07) is 7.19. The summed E-state index contributed by atoms with van der Waals surface area (Å²) in [7, 11) is 1.62. The number of likely N-dealkylation sites (tertiary alicyclic amines) is 3. The van der Waals surface area contributed by atoms with Crippen molar-refractivity contribution in [3.8, 4) is 5.75 Å². The highest BCUT2D eigenvalue weighted by molar-refractivity contribution is 5.91. The Morgan fingerprint density at radius 3 is 2.18 bits per heavy atom. The van der Waals surface area contributed by atoms with E-state index < -0.39 is 11.6 Å². The lowest BCUT2D eigenvalue weighted by atomic mass is 9.84. The van der Waals surface area contributed by atoms with E-state index in [4.69, 9.17) is 9.47 Å². The minimum absolute atomic E-state index is 0.0254. The van der Waals surface area contributed by atoms with Crippen LogP contribution in [-0.2, 0) is 20.9 Å². The molecule has 8 heteroatoms. The predicted molar refractivity (Wildman–Crippen MR) is 123 cm³/mol. The van der Waals surface area contributed by atoms with Crippen LogP contribution in [0.15, 0.2) is 24.3 Å². The van der Waals surface area contributed by atoms with Crippen LogP contribution >= 0.6 is 0 Å². The van der Waals surface area contributed by atoms with E-state index in [2.05, 4.69) is 0 Å². The Labute approximate surface area is 195 Å². The van der Waals surface area contributed by atoms with E-state index in [1.807, 2.05) is 49.9 Å². The highest BCUT2D eigenvalue weighted by Crippen LogP contribution is 2.32. The van der Waals surface area contributed by atoms with Gasteiger partial charge in [0.25, 0.3) is 0 Å². The molecule has 3 unspecified atom stereocenters. The summed E-state index contributed by atoms with van der Waals surface area (Å²) < 4.78 is 10.8. The first-order chi connectivity index (χ1) is 15.6. The van der Waals surface area contributed by atoms with Gasteiger partial charge in [0.05, 0.1) is 7.11 Å². The Balaban J connectivity index is 1.39. The Hall–Kier alpha value is -2.77. The van der Waals surface area contributed by atoms with Gasteiger partial charge in [0.15, 0.2) is 0 Å². The van der Waals surface area contributed by atoms with Gasteiger partial charge in [0.1, 0.15) is 17.4 Å². The second kappa shape index (κ2) is 9.23. The number of carbonyl (C=O) groups is 3. The molecule has 4 rings (SSSR count). The molecule has 3 amide bonds. The van der Waals surface area contributed by atoms with Gasteiger partial charge in [-0.2, -0.15) is 0 Å².